The van der Waals surface area contributed by atoms with Crippen LogP contribution >= 0.6 is 0 Å². The quantitative estimate of drug-likeness (QED) is 0.607. The van der Waals surface area contributed by atoms with Crippen molar-refractivity contribution >= 4 is 5.91 Å². The van der Waals surface area contributed by atoms with E-state index in [1.165, 1.54) is 0 Å². The van der Waals surface area contributed by atoms with Crippen molar-refractivity contribution in [1.29, 1.82) is 0 Å². The Balaban J connectivity index is 2.88. The topological polar surface area (TPSA) is 29.1 Å². The summed E-state index contributed by atoms with van der Waals surface area (Å²) in [5.41, 5.74) is 0.770. The molecule has 11 heavy (non-hydrogen) atoms. The minimum absolute atomic E-state index is 0.0880. The molecule has 1 aliphatic heterocycles. The number of hydrogen-bond donors (Lipinski definition) is 1. The number of rotatable bonds is 1. The zero-order valence-electron chi connectivity index (χ0n) is 7.56. The maximum Gasteiger partial charge on any atom is 0.247 e. The minimum Gasteiger partial charge on any atom is -0.344 e. The second-order valence-electron chi connectivity index (χ2n) is 3.93. The molecule has 0 aromatic carbocycles. The third kappa shape index (κ3) is 1.62. The highest BCUT2D eigenvalue weighted by molar-refractivity contribution is 5.97. The predicted molar refractivity (Wildman–Crippen MR) is 45.1 cm³/mol. The van der Waals surface area contributed by atoms with Crippen LogP contribution in [0.3, 0.4) is 0 Å². The molecule has 2 nitrogen and oxygen atoms in total. The number of nitrogens with one attached hydrogen (secondary N) is 1. The summed E-state index contributed by atoms with van der Waals surface area (Å²) in [7, 11) is 0. The molecule has 1 aliphatic rings. The smallest absolute Gasteiger partial charge is 0.247 e. The van der Waals surface area contributed by atoms with Crippen molar-refractivity contribution in [3.8, 4) is 0 Å². The molecular weight excluding hydrogens is 138 g/mol. The number of hydrogen-bond acceptors (Lipinski definition) is 1. The van der Waals surface area contributed by atoms with Gasteiger partial charge in [-0.05, 0) is 19.8 Å². The first-order valence-corrected chi connectivity index (χ1v) is 3.97. The molecule has 0 aromatic rings. The molecule has 0 spiro atoms. The van der Waals surface area contributed by atoms with Gasteiger partial charge in [-0.1, -0.05) is 19.9 Å². The Bertz CT molecular complexity index is 214. The summed E-state index contributed by atoms with van der Waals surface area (Å²) in [6, 6.07) is 0. The van der Waals surface area contributed by atoms with Crippen molar-refractivity contribution in [3.05, 3.63) is 11.6 Å². The third-order valence-corrected chi connectivity index (χ3v) is 1.84. The molecule has 0 bridgehead atoms. The molecule has 0 aliphatic carbocycles. The van der Waals surface area contributed by atoms with Crippen molar-refractivity contribution in [3.63, 3.8) is 0 Å². The van der Waals surface area contributed by atoms with Gasteiger partial charge in [0.05, 0.1) is 5.54 Å². The van der Waals surface area contributed by atoms with Gasteiger partial charge in [0, 0.05) is 5.57 Å². The van der Waals surface area contributed by atoms with Crippen LogP contribution in [-0.4, -0.2) is 11.4 Å². The Morgan fingerprint density at radius 2 is 2.00 bits per heavy atom. The lowest BCUT2D eigenvalue weighted by molar-refractivity contribution is -0.117. The largest absolute Gasteiger partial charge is 0.344 e. The molecule has 1 N–H and O–H groups in total. The lowest BCUT2D eigenvalue weighted by atomic mass is 10.0. The zero-order chi connectivity index (χ0) is 8.65. The standard InChI is InChI=1S/C9H15NO/c1-6(2)7-5-9(3,4)10-8(7)11/h5-6H,1-4H3,(H,10,11). The Kier molecular flexibility index (Phi) is 1.78. The maximum absolute atomic E-state index is 11.3. The van der Waals surface area contributed by atoms with Crippen LogP contribution in [0.5, 0.6) is 0 Å². The lowest BCUT2D eigenvalue weighted by Crippen LogP contribution is -2.35. The van der Waals surface area contributed by atoms with Crippen LogP contribution in [-0.2, 0) is 4.79 Å². The van der Waals surface area contributed by atoms with E-state index in [-0.39, 0.29) is 11.4 Å². The first-order valence-electron chi connectivity index (χ1n) is 3.97. The van der Waals surface area contributed by atoms with Crippen LogP contribution < -0.4 is 5.32 Å². The van der Waals surface area contributed by atoms with Gasteiger partial charge in [0.1, 0.15) is 0 Å². The third-order valence-electron chi connectivity index (χ3n) is 1.84. The second kappa shape index (κ2) is 2.36. The van der Waals surface area contributed by atoms with Crippen molar-refractivity contribution < 1.29 is 4.79 Å². The minimum atomic E-state index is -0.142. The van der Waals surface area contributed by atoms with Crippen molar-refractivity contribution in [2.75, 3.05) is 0 Å². The molecule has 0 saturated carbocycles. The van der Waals surface area contributed by atoms with Gasteiger partial charge in [-0.15, -0.1) is 0 Å². The van der Waals surface area contributed by atoms with Crippen LogP contribution in [0.1, 0.15) is 27.7 Å². The van der Waals surface area contributed by atoms with Gasteiger partial charge in [0.2, 0.25) is 5.91 Å². The fraction of sp³-hybridized carbons (Fsp3) is 0.667. The highest BCUT2D eigenvalue weighted by Gasteiger charge is 2.29. The van der Waals surface area contributed by atoms with E-state index < -0.39 is 0 Å². The fourth-order valence-corrected chi connectivity index (χ4v) is 1.28. The molecule has 0 saturated heterocycles. The Hall–Kier alpha value is -0.790. The fourth-order valence-electron chi connectivity index (χ4n) is 1.28. The molecule has 62 valence electrons. The van der Waals surface area contributed by atoms with Crippen molar-refractivity contribution in [2.45, 2.75) is 33.2 Å². The highest BCUT2D eigenvalue weighted by atomic mass is 16.2. The summed E-state index contributed by atoms with van der Waals surface area (Å²) < 4.78 is 0. The lowest BCUT2D eigenvalue weighted by Gasteiger charge is -2.14. The Labute approximate surface area is 67.7 Å². The molecule has 1 heterocycles. The average molecular weight is 153 g/mol. The van der Waals surface area contributed by atoms with Gasteiger partial charge in [0.25, 0.3) is 0 Å². The molecule has 0 aromatic heterocycles. The van der Waals surface area contributed by atoms with Gasteiger partial charge < -0.3 is 5.32 Å². The van der Waals surface area contributed by atoms with E-state index in [1.54, 1.807) is 0 Å². The van der Waals surface area contributed by atoms with Gasteiger partial charge in [-0.3, -0.25) is 4.79 Å². The van der Waals surface area contributed by atoms with Crippen molar-refractivity contribution in [2.24, 2.45) is 5.92 Å². The summed E-state index contributed by atoms with van der Waals surface area (Å²) in [5.74, 6) is 0.418. The summed E-state index contributed by atoms with van der Waals surface area (Å²) in [6.07, 6.45) is 2.01. The van der Waals surface area contributed by atoms with E-state index in [0.717, 1.165) is 5.57 Å². The molecular formula is C9H15NO. The maximum atomic E-state index is 11.3. The average Bonchev–Trinajstić information content (AvgIpc) is 2.05. The van der Waals surface area contributed by atoms with Gasteiger partial charge in [-0.2, -0.15) is 0 Å². The highest BCUT2D eigenvalue weighted by Crippen LogP contribution is 2.22. The monoisotopic (exact) mass is 153 g/mol. The van der Waals surface area contributed by atoms with Gasteiger partial charge in [0.15, 0.2) is 0 Å². The molecule has 0 fully saturated rings. The van der Waals surface area contributed by atoms with E-state index >= 15 is 0 Å². The Morgan fingerprint density at radius 1 is 1.45 bits per heavy atom. The summed E-state index contributed by atoms with van der Waals surface area (Å²) in [4.78, 5) is 11.3. The van der Waals surface area contributed by atoms with Crippen LogP contribution in [0, 0.1) is 5.92 Å². The molecule has 1 amide bonds. The van der Waals surface area contributed by atoms with E-state index in [0.29, 0.717) is 5.92 Å². The molecule has 1 rings (SSSR count). The molecule has 2 heteroatoms. The number of carbonyl (C=O) groups excluding carboxylic acids is 1. The van der Waals surface area contributed by atoms with E-state index in [1.807, 2.05) is 33.8 Å². The van der Waals surface area contributed by atoms with Crippen LogP contribution in [0.2, 0.25) is 0 Å². The molecule has 0 radical (unpaired) electrons. The first kappa shape index (κ1) is 8.31. The zero-order valence-corrected chi connectivity index (χ0v) is 7.56. The summed E-state index contributed by atoms with van der Waals surface area (Å²) in [5, 5.41) is 2.89. The summed E-state index contributed by atoms with van der Waals surface area (Å²) >= 11 is 0. The van der Waals surface area contributed by atoms with E-state index in [4.69, 9.17) is 0 Å². The van der Waals surface area contributed by atoms with Gasteiger partial charge >= 0.3 is 0 Å². The SMILES string of the molecule is CC(C)C1=CC(C)(C)NC1=O. The number of carbonyl (C=O) groups is 1. The second-order valence-corrected chi connectivity index (χ2v) is 3.93. The van der Waals surface area contributed by atoms with E-state index in [2.05, 4.69) is 5.32 Å². The molecule has 0 unspecified atom stereocenters. The predicted octanol–water partition coefficient (Wildman–Crippen LogP) is 1.48. The van der Waals surface area contributed by atoms with Crippen LogP contribution in [0.15, 0.2) is 11.6 Å². The van der Waals surface area contributed by atoms with Crippen molar-refractivity contribution in [1.82, 2.24) is 5.32 Å². The van der Waals surface area contributed by atoms with Crippen LogP contribution in [0.4, 0.5) is 0 Å². The number of amides is 1. The summed E-state index contributed by atoms with van der Waals surface area (Å²) in [6.45, 7) is 8.07. The van der Waals surface area contributed by atoms with Gasteiger partial charge in [-0.25, -0.2) is 0 Å². The van der Waals surface area contributed by atoms with Crippen LogP contribution in [0.25, 0.3) is 0 Å². The Morgan fingerprint density at radius 3 is 2.18 bits per heavy atom. The normalized spacial score (nSPS) is 21.9. The molecule has 0 atom stereocenters. The first-order chi connectivity index (χ1) is 4.92. The van der Waals surface area contributed by atoms with E-state index in [9.17, 15) is 4.79 Å².